The highest BCUT2D eigenvalue weighted by Crippen LogP contribution is 2.23. The number of hydrogen-bond donors (Lipinski definition) is 1. The maximum Gasteiger partial charge on any atom is 0.242 e. The molecule has 29 heavy (non-hydrogen) atoms. The summed E-state index contributed by atoms with van der Waals surface area (Å²) >= 11 is 6.08. The number of nitrogens with zero attached hydrogens (tertiary/aromatic N) is 1. The van der Waals surface area contributed by atoms with E-state index in [1.807, 2.05) is 18.2 Å². The topological polar surface area (TPSA) is 49.4 Å². The predicted molar refractivity (Wildman–Crippen MR) is 119 cm³/mol. The predicted octanol–water partition coefficient (Wildman–Crippen LogP) is 4.73. The molecule has 5 heteroatoms. The lowest BCUT2D eigenvalue weighted by Crippen LogP contribution is -2.46. The van der Waals surface area contributed by atoms with Gasteiger partial charge in [0.2, 0.25) is 11.8 Å². The molecule has 4 nitrogen and oxygen atoms in total. The Kier molecular flexibility index (Phi) is 7.86. The molecule has 0 aliphatic carbocycles. The smallest absolute Gasteiger partial charge is 0.242 e. The molecule has 0 saturated carbocycles. The van der Waals surface area contributed by atoms with E-state index in [2.05, 4.69) is 50.4 Å². The van der Waals surface area contributed by atoms with E-state index in [1.54, 1.807) is 24.9 Å². The number of carbonyl (C=O) groups excluding carboxylic acids is 2. The summed E-state index contributed by atoms with van der Waals surface area (Å²) in [5.74, 6) is -0.240. The quantitative estimate of drug-likeness (QED) is 0.711. The molecule has 0 spiro atoms. The van der Waals surface area contributed by atoms with E-state index in [0.29, 0.717) is 24.4 Å². The minimum absolute atomic E-state index is 0.0547. The van der Waals surface area contributed by atoms with Gasteiger partial charge in [-0.25, -0.2) is 0 Å². The fourth-order valence-corrected chi connectivity index (χ4v) is 3.40. The molecule has 0 fully saturated rings. The molecule has 0 aromatic heterocycles. The van der Waals surface area contributed by atoms with Gasteiger partial charge in [0.25, 0.3) is 0 Å². The van der Waals surface area contributed by atoms with Crippen molar-refractivity contribution >= 4 is 23.4 Å². The first-order chi connectivity index (χ1) is 13.6. The number of rotatable bonds is 7. The van der Waals surface area contributed by atoms with Crippen LogP contribution in [0, 0.1) is 0 Å². The number of hydrogen-bond acceptors (Lipinski definition) is 2. The van der Waals surface area contributed by atoms with Crippen molar-refractivity contribution in [3.8, 4) is 0 Å². The summed E-state index contributed by atoms with van der Waals surface area (Å²) in [5.41, 5.74) is 3.38. The maximum absolute atomic E-state index is 13.0. The molecule has 156 valence electrons. The van der Waals surface area contributed by atoms with Gasteiger partial charge in [-0.05, 0) is 47.6 Å². The first-order valence-electron chi connectivity index (χ1n) is 9.96. The molecule has 2 amide bonds. The summed E-state index contributed by atoms with van der Waals surface area (Å²) in [6.07, 6.45) is 0.979. The van der Waals surface area contributed by atoms with Gasteiger partial charge < -0.3 is 10.2 Å². The molecule has 1 atom stereocenters. The molecule has 0 heterocycles. The van der Waals surface area contributed by atoms with Crippen LogP contribution in [0.25, 0.3) is 0 Å². The first-order valence-corrected chi connectivity index (χ1v) is 10.3. The average Bonchev–Trinajstić information content (AvgIpc) is 2.68. The zero-order valence-corrected chi connectivity index (χ0v) is 18.7. The van der Waals surface area contributed by atoms with Crippen molar-refractivity contribution in [2.75, 3.05) is 7.05 Å². The zero-order chi connectivity index (χ0) is 21.6. The Bertz CT molecular complexity index is 841. The van der Waals surface area contributed by atoms with Crippen LogP contribution in [0.4, 0.5) is 0 Å². The fourth-order valence-electron chi connectivity index (χ4n) is 3.19. The Morgan fingerprint density at radius 2 is 1.72 bits per heavy atom. The highest BCUT2D eigenvalue weighted by atomic mass is 35.5. The Balaban J connectivity index is 2.11. The minimum atomic E-state index is -0.560. The van der Waals surface area contributed by atoms with E-state index in [0.717, 1.165) is 11.1 Å². The molecule has 2 rings (SSSR count). The summed E-state index contributed by atoms with van der Waals surface area (Å²) in [7, 11) is 1.58. The van der Waals surface area contributed by atoms with Gasteiger partial charge in [-0.3, -0.25) is 9.59 Å². The molecular weight excluding hydrogens is 384 g/mol. The van der Waals surface area contributed by atoms with Gasteiger partial charge in [-0.2, -0.15) is 0 Å². The van der Waals surface area contributed by atoms with Crippen molar-refractivity contribution in [3.05, 3.63) is 70.2 Å². The van der Waals surface area contributed by atoms with Gasteiger partial charge in [0, 0.05) is 25.0 Å². The molecule has 0 unspecified atom stereocenters. The lowest BCUT2D eigenvalue weighted by atomic mass is 9.86. The maximum atomic E-state index is 13.0. The van der Waals surface area contributed by atoms with Crippen molar-refractivity contribution in [2.45, 2.75) is 58.5 Å². The van der Waals surface area contributed by atoms with Crippen molar-refractivity contribution in [1.29, 1.82) is 0 Å². The van der Waals surface area contributed by atoms with E-state index in [4.69, 9.17) is 11.6 Å². The molecule has 0 aliphatic heterocycles. The normalized spacial score (nSPS) is 12.3. The van der Waals surface area contributed by atoms with Crippen LogP contribution in [0.3, 0.4) is 0 Å². The zero-order valence-electron chi connectivity index (χ0n) is 18.0. The summed E-state index contributed by atoms with van der Waals surface area (Å²) < 4.78 is 0. The van der Waals surface area contributed by atoms with Crippen LogP contribution in [-0.2, 0) is 28.0 Å². The van der Waals surface area contributed by atoms with Crippen LogP contribution in [0.15, 0.2) is 48.5 Å². The second-order valence-corrected chi connectivity index (χ2v) is 8.83. The Morgan fingerprint density at radius 1 is 1.07 bits per heavy atom. The van der Waals surface area contributed by atoms with Crippen molar-refractivity contribution < 1.29 is 9.59 Å². The third-order valence-electron chi connectivity index (χ3n) is 5.10. The van der Waals surface area contributed by atoms with Gasteiger partial charge in [0.15, 0.2) is 0 Å². The van der Waals surface area contributed by atoms with Crippen LogP contribution in [0.1, 0.15) is 50.8 Å². The van der Waals surface area contributed by atoms with Gasteiger partial charge in [0.1, 0.15) is 6.04 Å². The summed E-state index contributed by atoms with van der Waals surface area (Å²) in [6.45, 7) is 8.63. The van der Waals surface area contributed by atoms with Crippen LogP contribution < -0.4 is 5.32 Å². The summed E-state index contributed by atoms with van der Waals surface area (Å²) in [4.78, 5) is 26.8. The number of carbonyl (C=O) groups is 2. The molecule has 0 aliphatic rings. The Hall–Kier alpha value is -2.33. The minimum Gasteiger partial charge on any atom is -0.357 e. The largest absolute Gasteiger partial charge is 0.357 e. The molecule has 1 N–H and O–H groups in total. The second-order valence-electron chi connectivity index (χ2n) is 8.39. The van der Waals surface area contributed by atoms with Crippen LogP contribution in [-0.4, -0.2) is 29.8 Å². The number of halogens is 1. The molecule has 0 bridgehead atoms. The number of amides is 2. The number of likely N-dealkylation sites (N-methyl/N-ethyl adjacent to an activating group) is 1. The van der Waals surface area contributed by atoms with Gasteiger partial charge in [-0.15, -0.1) is 0 Å². The first kappa shape index (κ1) is 23.0. The third-order valence-corrected chi connectivity index (χ3v) is 5.34. The third kappa shape index (κ3) is 6.60. The molecule has 0 radical (unpaired) electrons. The standard InChI is InChI=1S/C24H31ClN2O2/c1-17(23(29)26-5)27(16-19-7-6-8-21(25)15-19)22(28)14-11-18-9-12-20(13-10-18)24(2,3)4/h6-10,12-13,15,17H,11,14,16H2,1-5H3,(H,26,29)/t17-/m1/s1. The van der Waals surface area contributed by atoms with Crippen molar-refractivity contribution in [3.63, 3.8) is 0 Å². The number of aryl methyl sites for hydroxylation is 1. The number of benzene rings is 2. The van der Waals surface area contributed by atoms with Gasteiger partial charge in [-0.1, -0.05) is 68.8 Å². The van der Waals surface area contributed by atoms with Crippen LogP contribution in [0.5, 0.6) is 0 Å². The van der Waals surface area contributed by atoms with E-state index in [1.165, 1.54) is 5.56 Å². The molecule has 2 aromatic rings. The lowest BCUT2D eigenvalue weighted by molar-refractivity contribution is -0.140. The second kappa shape index (κ2) is 9.93. The lowest BCUT2D eigenvalue weighted by Gasteiger charge is -2.28. The molecule has 0 saturated heterocycles. The van der Waals surface area contributed by atoms with E-state index >= 15 is 0 Å². The van der Waals surface area contributed by atoms with Crippen LogP contribution in [0.2, 0.25) is 5.02 Å². The monoisotopic (exact) mass is 414 g/mol. The van der Waals surface area contributed by atoms with Crippen LogP contribution >= 0.6 is 11.6 Å². The Labute approximate surface area is 179 Å². The Morgan fingerprint density at radius 3 is 2.28 bits per heavy atom. The summed E-state index contributed by atoms with van der Waals surface area (Å²) in [5, 5.41) is 3.24. The highest BCUT2D eigenvalue weighted by Gasteiger charge is 2.25. The van der Waals surface area contributed by atoms with E-state index in [9.17, 15) is 9.59 Å². The van der Waals surface area contributed by atoms with E-state index < -0.39 is 6.04 Å². The fraction of sp³-hybridized carbons (Fsp3) is 0.417. The molecular formula is C24H31ClN2O2. The van der Waals surface area contributed by atoms with E-state index in [-0.39, 0.29) is 17.2 Å². The van der Waals surface area contributed by atoms with Crippen molar-refractivity contribution in [2.24, 2.45) is 0 Å². The molecule has 2 aromatic carbocycles. The summed E-state index contributed by atoms with van der Waals surface area (Å²) in [6, 6.07) is 15.2. The van der Waals surface area contributed by atoms with Gasteiger partial charge >= 0.3 is 0 Å². The SMILES string of the molecule is CNC(=O)[C@@H](C)N(Cc1cccc(Cl)c1)C(=O)CCc1ccc(C(C)(C)C)cc1. The van der Waals surface area contributed by atoms with Gasteiger partial charge in [0.05, 0.1) is 0 Å². The highest BCUT2D eigenvalue weighted by molar-refractivity contribution is 6.30. The number of nitrogens with one attached hydrogen (secondary N) is 1. The van der Waals surface area contributed by atoms with Crippen molar-refractivity contribution in [1.82, 2.24) is 10.2 Å². The average molecular weight is 415 g/mol.